The number of rotatable bonds is 4. The molecule has 2 heterocycles. The van der Waals surface area contributed by atoms with E-state index in [2.05, 4.69) is 15.6 Å². The number of carbonyl (C=O) groups excluding carboxylic acids is 1. The minimum atomic E-state index is -0.434. The average molecular weight is 386 g/mol. The summed E-state index contributed by atoms with van der Waals surface area (Å²) in [6.45, 7) is 1.24. The maximum absolute atomic E-state index is 12.4. The molecule has 3 aromatic rings. The number of nitrogen functional groups attached to an aromatic ring is 1. The molecule has 0 bridgehead atoms. The number of aromatic nitrogens is 3. The van der Waals surface area contributed by atoms with Gasteiger partial charge in [-0.05, 0) is 23.8 Å². The maximum Gasteiger partial charge on any atom is 0.275 e. The van der Waals surface area contributed by atoms with Gasteiger partial charge in [-0.3, -0.25) is 4.79 Å². The van der Waals surface area contributed by atoms with Crippen LogP contribution in [0.15, 0.2) is 42.5 Å². The first-order chi connectivity index (χ1) is 13.1. The van der Waals surface area contributed by atoms with Crippen molar-refractivity contribution in [2.45, 2.75) is 6.54 Å². The van der Waals surface area contributed by atoms with E-state index >= 15 is 0 Å². The summed E-state index contributed by atoms with van der Waals surface area (Å²) in [4.78, 5) is 12.4. The average Bonchev–Trinajstić information content (AvgIpc) is 3.08. The van der Waals surface area contributed by atoms with Crippen LogP contribution in [0.25, 0.3) is 5.69 Å². The Morgan fingerprint density at radius 2 is 1.96 bits per heavy atom. The van der Waals surface area contributed by atoms with Crippen LogP contribution in [0, 0.1) is 0 Å². The fourth-order valence-electron chi connectivity index (χ4n) is 2.71. The molecule has 0 aliphatic carbocycles. The molecule has 0 saturated carbocycles. The number of benzene rings is 2. The van der Waals surface area contributed by atoms with Crippen molar-refractivity contribution in [2.75, 3.05) is 18.9 Å². The first-order valence-electron chi connectivity index (χ1n) is 8.26. The summed E-state index contributed by atoms with van der Waals surface area (Å²) in [5, 5.41) is 11.2. The number of nitrogens with zero attached hydrogens (tertiary/aromatic N) is 3. The molecule has 1 aromatic heterocycles. The van der Waals surface area contributed by atoms with E-state index in [4.69, 9.17) is 26.8 Å². The minimum absolute atomic E-state index is 0.0388. The molecule has 0 radical (unpaired) electrons. The Bertz CT molecular complexity index is 1000. The Morgan fingerprint density at radius 1 is 1.19 bits per heavy atom. The van der Waals surface area contributed by atoms with Gasteiger partial charge in [0, 0.05) is 17.6 Å². The van der Waals surface area contributed by atoms with Crippen LogP contribution in [-0.4, -0.2) is 34.1 Å². The van der Waals surface area contributed by atoms with Gasteiger partial charge in [-0.2, -0.15) is 4.68 Å². The number of nitrogens with two attached hydrogens (primary N) is 1. The molecule has 0 spiro atoms. The van der Waals surface area contributed by atoms with Crippen molar-refractivity contribution < 1.29 is 14.3 Å². The molecule has 27 heavy (non-hydrogen) atoms. The van der Waals surface area contributed by atoms with E-state index in [0.29, 0.717) is 35.4 Å². The van der Waals surface area contributed by atoms with Crippen molar-refractivity contribution in [3.8, 4) is 17.2 Å². The van der Waals surface area contributed by atoms with Crippen LogP contribution in [-0.2, 0) is 6.54 Å². The zero-order valence-electron chi connectivity index (χ0n) is 14.2. The monoisotopic (exact) mass is 385 g/mol. The van der Waals surface area contributed by atoms with Gasteiger partial charge in [0.25, 0.3) is 5.91 Å². The Labute approximate surface area is 159 Å². The number of nitrogens with one attached hydrogen (secondary N) is 1. The van der Waals surface area contributed by atoms with Gasteiger partial charge >= 0.3 is 0 Å². The van der Waals surface area contributed by atoms with Crippen LogP contribution in [0.1, 0.15) is 16.1 Å². The minimum Gasteiger partial charge on any atom is -0.486 e. The molecular formula is C18H16ClN5O3. The quantitative estimate of drug-likeness (QED) is 0.713. The standard InChI is InChI=1S/C18H16ClN5O3/c19-13-4-2-1-3-11(13)10-21-18(25)16-17(20)24(23-22-16)12-5-6-14-15(9-12)27-8-7-26-14/h1-6,9H,7-8,10,20H2,(H,21,25). The number of carbonyl (C=O) groups is 1. The molecule has 2 aromatic carbocycles. The van der Waals surface area contributed by atoms with E-state index in [0.717, 1.165) is 5.56 Å². The van der Waals surface area contributed by atoms with Crippen LogP contribution in [0.4, 0.5) is 5.82 Å². The van der Waals surface area contributed by atoms with E-state index in [1.54, 1.807) is 24.3 Å². The molecule has 1 aliphatic heterocycles. The molecule has 8 nitrogen and oxygen atoms in total. The highest BCUT2D eigenvalue weighted by Gasteiger charge is 2.20. The molecule has 0 atom stereocenters. The van der Waals surface area contributed by atoms with Crippen LogP contribution in [0.3, 0.4) is 0 Å². The van der Waals surface area contributed by atoms with Gasteiger partial charge in [-0.15, -0.1) is 5.10 Å². The van der Waals surface area contributed by atoms with Gasteiger partial charge in [0.15, 0.2) is 23.0 Å². The Morgan fingerprint density at radius 3 is 2.78 bits per heavy atom. The van der Waals surface area contributed by atoms with Crippen molar-refractivity contribution in [1.29, 1.82) is 0 Å². The molecule has 0 saturated heterocycles. The normalized spacial score (nSPS) is 12.6. The molecule has 9 heteroatoms. The fourth-order valence-corrected chi connectivity index (χ4v) is 2.91. The van der Waals surface area contributed by atoms with Crippen molar-refractivity contribution in [2.24, 2.45) is 0 Å². The molecule has 1 amide bonds. The zero-order valence-corrected chi connectivity index (χ0v) is 14.9. The highest BCUT2D eigenvalue weighted by molar-refractivity contribution is 6.31. The number of anilines is 1. The number of halogens is 1. The largest absolute Gasteiger partial charge is 0.486 e. The molecule has 4 rings (SSSR count). The predicted molar refractivity (Wildman–Crippen MR) is 99.4 cm³/mol. The number of hydrogen-bond acceptors (Lipinski definition) is 6. The highest BCUT2D eigenvalue weighted by Crippen LogP contribution is 2.32. The van der Waals surface area contributed by atoms with E-state index < -0.39 is 5.91 Å². The number of ether oxygens (including phenoxy) is 2. The van der Waals surface area contributed by atoms with E-state index in [1.807, 2.05) is 18.2 Å². The first kappa shape index (κ1) is 17.2. The lowest BCUT2D eigenvalue weighted by Gasteiger charge is -2.18. The lowest BCUT2D eigenvalue weighted by atomic mass is 10.2. The summed E-state index contributed by atoms with van der Waals surface area (Å²) >= 11 is 6.10. The molecular weight excluding hydrogens is 370 g/mol. The summed E-state index contributed by atoms with van der Waals surface area (Å²) in [5.41, 5.74) is 7.55. The topological polar surface area (TPSA) is 104 Å². The molecule has 0 unspecified atom stereocenters. The lowest BCUT2D eigenvalue weighted by Crippen LogP contribution is -2.24. The first-order valence-corrected chi connectivity index (χ1v) is 8.64. The second-order valence-electron chi connectivity index (χ2n) is 5.84. The van der Waals surface area contributed by atoms with Gasteiger partial charge in [0.1, 0.15) is 13.2 Å². The van der Waals surface area contributed by atoms with Crippen molar-refractivity contribution in [3.05, 3.63) is 58.7 Å². The molecule has 138 valence electrons. The summed E-state index contributed by atoms with van der Waals surface area (Å²) < 4.78 is 12.4. The second-order valence-corrected chi connectivity index (χ2v) is 6.24. The third-order valence-electron chi connectivity index (χ3n) is 4.09. The smallest absolute Gasteiger partial charge is 0.275 e. The Kier molecular flexibility index (Phi) is 4.55. The Balaban J connectivity index is 1.53. The summed E-state index contributed by atoms with van der Waals surface area (Å²) in [5.74, 6) is 0.944. The summed E-state index contributed by atoms with van der Waals surface area (Å²) in [6.07, 6.45) is 0. The third-order valence-corrected chi connectivity index (χ3v) is 4.46. The van der Waals surface area contributed by atoms with E-state index in [-0.39, 0.29) is 18.1 Å². The predicted octanol–water partition coefficient (Wildman–Crippen LogP) is 2.20. The summed E-state index contributed by atoms with van der Waals surface area (Å²) in [6, 6.07) is 12.5. The molecule has 3 N–H and O–H groups in total. The van der Waals surface area contributed by atoms with Gasteiger partial charge in [-0.25, -0.2) is 0 Å². The van der Waals surface area contributed by atoms with Gasteiger partial charge in [0.05, 0.1) is 5.69 Å². The number of hydrogen-bond donors (Lipinski definition) is 2. The van der Waals surface area contributed by atoms with E-state index in [9.17, 15) is 4.79 Å². The van der Waals surface area contributed by atoms with Crippen molar-refractivity contribution >= 4 is 23.3 Å². The van der Waals surface area contributed by atoms with Gasteiger partial charge < -0.3 is 20.5 Å². The van der Waals surface area contributed by atoms with E-state index in [1.165, 1.54) is 4.68 Å². The molecule has 1 aliphatic rings. The number of fused-ring (bicyclic) bond motifs is 1. The van der Waals surface area contributed by atoms with Crippen LogP contribution in [0.5, 0.6) is 11.5 Å². The lowest BCUT2D eigenvalue weighted by molar-refractivity contribution is 0.0947. The highest BCUT2D eigenvalue weighted by atomic mass is 35.5. The maximum atomic E-state index is 12.4. The number of amides is 1. The zero-order chi connectivity index (χ0) is 18.8. The Hall–Kier alpha value is -3.26. The summed E-state index contributed by atoms with van der Waals surface area (Å²) in [7, 11) is 0. The second kappa shape index (κ2) is 7.16. The fraction of sp³-hybridized carbons (Fsp3) is 0.167. The van der Waals surface area contributed by atoms with Crippen LogP contribution >= 0.6 is 11.6 Å². The van der Waals surface area contributed by atoms with Crippen LogP contribution < -0.4 is 20.5 Å². The van der Waals surface area contributed by atoms with Gasteiger partial charge in [-0.1, -0.05) is 35.0 Å². The molecule has 0 fully saturated rings. The third kappa shape index (κ3) is 3.39. The van der Waals surface area contributed by atoms with Crippen molar-refractivity contribution in [3.63, 3.8) is 0 Å². The van der Waals surface area contributed by atoms with Gasteiger partial charge in [0.2, 0.25) is 0 Å². The van der Waals surface area contributed by atoms with Crippen molar-refractivity contribution in [1.82, 2.24) is 20.3 Å². The SMILES string of the molecule is Nc1c(C(=O)NCc2ccccc2Cl)nnn1-c1ccc2c(c1)OCCO2. The van der Waals surface area contributed by atoms with Crippen LogP contribution in [0.2, 0.25) is 5.02 Å².